The van der Waals surface area contributed by atoms with E-state index in [0.717, 1.165) is 30.8 Å². The summed E-state index contributed by atoms with van der Waals surface area (Å²) >= 11 is 0. The van der Waals surface area contributed by atoms with Crippen LogP contribution in [-0.4, -0.2) is 50.3 Å². The number of nitrogens with zero attached hydrogens (tertiary/aromatic N) is 1. The molecule has 1 saturated heterocycles. The van der Waals surface area contributed by atoms with E-state index < -0.39 is 0 Å². The average Bonchev–Trinajstić information content (AvgIpc) is 3.19. The lowest BCUT2D eigenvalue weighted by atomic mass is 10.1. The standard InChI is InChI=1S/C22H27NO4/c1-17-7-5-8-18(15-17)26-14-12-23(2)22(24)20-10-3-4-11-21(20)27-16-19-9-6-13-25-19/h3-5,7-8,10-11,15,19H,6,9,12-14,16H2,1-2H3. The van der Waals surface area contributed by atoms with Gasteiger partial charge in [0.1, 0.15) is 24.7 Å². The fourth-order valence-corrected chi connectivity index (χ4v) is 3.04. The first-order chi connectivity index (χ1) is 13.1. The number of aryl methyl sites for hydroxylation is 1. The molecular weight excluding hydrogens is 342 g/mol. The molecule has 1 fully saturated rings. The Morgan fingerprint density at radius 1 is 1.19 bits per heavy atom. The van der Waals surface area contributed by atoms with Gasteiger partial charge in [-0.05, 0) is 49.6 Å². The Bertz CT molecular complexity index is 755. The Morgan fingerprint density at radius 3 is 2.81 bits per heavy atom. The van der Waals surface area contributed by atoms with Gasteiger partial charge in [0.25, 0.3) is 5.91 Å². The van der Waals surface area contributed by atoms with Gasteiger partial charge in [0.15, 0.2) is 0 Å². The number of carbonyl (C=O) groups is 1. The van der Waals surface area contributed by atoms with Crippen molar-refractivity contribution in [3.05, 3.63) is 59.7 Å². The van der Waals surface area contributed by atoms with E-state index in [0.29, 0.717) is 31.1 Å². The van der Waals surface area contributed by atoms with E-state index in [1.165, 1.54) is 0 Å². The van der Waals surface area contributed by atoms with Crippen LogP contribution in [0.25, 0.3) is 0 Å². The highest BCUT2D eigenvalue weighted by Crippen LogP contribution is 2.22. The second kappa shape index (κ2) is 9.42. The van der Waals surface area contributed by atoms with Gasteiger partial charge in [0.2, 0.25) is 0 Å². The Morgan fingerprint density at radius 2 is 2.04 bits per heavy atom. The van der Waals surface area contributed by atoms with Crippen molar-refractivity contribution >= 4 is 5.91 Å². The lowest BCUT2D eigenvalue weighted by Gasteiger charge is -2.20. The molecule has 0 aliphatic carbocycles. The van der Waals surface area contributed by atoms with Crippen LogP contribution in [0.5, 0.6) is 11.5 Å². The number of amides is 1. The highest BCUT2D eigenvalue weighted by atomic mass is 16.5. The molecule has 0 aromatic heterocycles. The summed E-state index contributed by atoms with van der Waals surface area (Å²) in [5, 5.41) is 0. The van der Waals surface area contributed by atoms with Crippen LogP contribution < -0.4 is 9.47 Å². The Hall–Kier alpha value is -2.53. The van der Waals surface area contributed by atoms with Crippen LogP contribution in [0.3, 0.4) is 0 Å². The van der Waals surface area contributed by atoms with Crippen LogP contribution in [-0.2, 0) is 4.74 Å². The first-order valence-corrected chi connectivity index (χ1v) is 9.42. The summed E-state index contributed by atoms with van der Waals surface area (Å²) in [7, 11) is 1.78. The van der Waals surface area contributed by atoms with Crippen molar-refractivity contribution in [2.45, 2.75) is 25.9 Å². The van der Waals surface area contributed by atoms with Gasteiger partial charge in [-0.25, -0.2) is 0 Å². The van der Waals surface area contributed by atoms with Gasteiger partial charge in [-0.3, -0.25) is 4.79 Å². The van der Waals surface area contributed by atoms with Crippen LogP contribution in [0, 0.1) is 6.92 Å². The van der Waals surface area contributed by atoms with E-state index in [1.807, 2.05) is 49.4 Å². The number of para-hydroxylation sites is 1. The van der Waals surface area contributed by atoms with E-state index in [9.17, 15) is 4.79 Å². The number of hydrogen-bond acceptors (Lipinski definition) is 4. The van der Waals surface area contributed by atoms with Gasteiger partial charge in [-0.15, -0.1) is 0 Å². The number of ether oxygens (including phenoxy) is 3. The molecule has 1 aliphatic heterocycles. The minimum atomic E-state index is -0.0780. The molecule has 5 nitrogen and oxygen atoms in total. The van der Waals surface area contributed by atoms with Crippen LogP contribution in [0.4, 0.5) is 0 Å². The Balaban J connectivity index is 1.54. The SMILES string of the molecule is Cc1cccc(OCCN(C)C(=O)c2ccccc2OCC2CCCO2)c1. The third kappa shape index (κ3) is 5.47. The molecule has 0 spiro atoms. The fraction of sp³-hybridized carbons (Fsp3) is 0.409. The molecule has 1 amide bonds. The van der Waals surface area contributed by atoms with Crippen molar-refractivity contribution in [2.24, 2.45) is 0 Å². The average molecular weight is 369 g/mol. The Labute approximate surface area is 160 Å². The van der Waals surface area contributed by atoms with Gasteiger partial charge in [-0.2, -0.15) is 0 Å². The molecule has 1 aliphatic rings. The van der Waals surface area contributed by atoms with Crippen LogP contribution in [0.15, 0.2) is 48.5 Å². The molecule has 1 atom stereocenters. The normalized spacial score (nSPS) is 16.1. The summed E-state index contributed by atoms with van der Waals surface area (Å²) in [5.74, 6) is 1.34. The Kier molecular flexibility index (Phi) is 6.71. The molecule has 1 unspecified atom stereocenters. The maximum absolute atomic E-state index is 12.8. The highest BCUT2D eigenvalue weighted by molar-refractivity contribution is 5.96. The zero-order valence-corrected chi connectivity index (χ0v) is 16.0. The first-order valence-electron chi connectivity index (χ1n) is 9.42. The fourth-order valence-electron chi connectivity index (χ4n) is 3.04. The van der Waals surface area contributed by atoms with Gasteiger partial charge in [0, 0.05) is 13.7 Å². The third-order valence-electron chi connectivity index (χ3n) is 4.60. The predicted octanol–water partition coefficient (Wildman–Crippen LogP) is 3.70. The van der Waals surface area contributed by atoms with Gasteiger partial charge in [-0.1, -0.05) is 24.3 Å². The van der Waals surface area contributed by atoms with Crippen LogP contribution >= 0.6 is 0 Å². The minimum Gasteiger partial charge on any atom is -0.492 e. The lowest BCUT2D eigenvalue weighted by molar-refractivity contribution is 0.0655. The number of benzene rings is 2. The lowest BCUT2D eigenvalue weighted by Crippen LogP contribution is -2.31. The van der Waals surface area contributed by atoms with Crippen molar-refractivity contribution in [3.63, 3.8) is 0 Å². The van der Waals surface area contributed by atoms with E-state index in [-0.39, 0.29) is 12.0 Å². The summed E-state index contributed by atoms with van der Waals surface area (Å²) in [5.41, 5.74) is 1.71. The van der Waals surface area contributed by atoms with E-state index >= 15 is 0 Å². The zero-order valence-electron chi connectivity index (χ0n) is 16.0. The number of rotatable bonds is 8. The molecular formula is C22H27NO4. The summed E-state index contributed by atoms with van der Waals surface area (Å²) in [4.78, 5) is 14.5. The van der Waals surface area contributed by atoms with E-state index in [2.05, 4.69) is 0 Å². The molecule has 5 heteroatoms. The number of hydrogen-bond donors (Lipinski definition) is 0. The van der Waals surface area contributed by atoms with Crippen LogP contribution in [0.1, 0.15) is 28.8 Å². The second-order valence-corrected chi connectivity index (χ2v) is 6.83. The molecule has 1 heterocycles. The molecule has 3 rings (SSSR count). The van der Waals surface area contributed by atoms with E-state index in [1.54, 1.807) is 18.0 Å². The smallest absolute Gasteiger partial charge is 0.257 e. The van der Waals surface area contributed by atoms with Crippen molar-refractivity contribution in [3.8, 4) is 11.5 Å². The molecule has 2 aromatic carbocycles. The quantitative estimate of drug-likeness (QED) is 0.712. The maximum Gasteiger partial charge on any atom is 0.257 e. The number of carbonyl (C=O) groups excluding carboxylic acids is 1. The van der Waals surface area contributed by atoms with E-state index in [4.69, 9.17) is 14.2 Å². The van der Waals surface area contributed by atoms with Crippen molar-refractivity contribution < 1.29 is 19.0 Å². The van der Waals surface area contributed by atoms with Crippen molar-refractivity contribution in [2.75, 3.05) is 33.4 Å². The molecule has 0 N–H and O–H groups in total. The third-order valence-corrected chi connectivity index (χ3v) is 4.60. The first kappa shape index (κ1) is 19.2. The molecule has 2 aromatic rings. The molecule has 0 radical (unpaired) electrons. The monoisotopic (exact) mass is 369 g/mol. The highest BCUT2D eigenvalue weighted by Gasteiger charge is 2.20. The largest absolute Gasteiger partial charge is 0.492 e. The topological polar surface area (TPSA) is 48.0 Å². The molecule has 0 saturated carbocycles. The molecule has 27 heavy (non-hydrogen) atoms. The zero-order chi connectivity index (χ0) is 19.1. The van der Waals surface area contributed by atoms with Crippen molar-refractivity contribution in [1.82, 2.24) is 4.90 Å². The van der Waals surface area contributed by atoms with Gasteiger partial charge < -0.3 is 19.1 Å². The molecule has 144 valence electrons. The van der Waals surface area contributed by atoms with Gasteiger partial charge >= 0.3 is 0 Å². The summed E-state index contributed by atoms with van der Waals surface area (Å²) in [6.45, 7) is 4.22. The second-order valence-electron chi connectivity index (χ2n) is 6.83. The van der Waals surface area contributed by atoms with Crippen LogP contribution in [0.2, 0.25) is 0 Å². The molecule has 0 bridgehead atoms. The predicted molar refractivity (Wildman–Crippen MR) is 105 cm³/mol. The number of likely N-dealkylation sites (N-methyl/N-ethyl adjacent to an activating group) is 1. The minimum absolute atomic E-state index is 0.0780. The maximum atomic E-state index is 12.8. The summed E-state index contributed by atoms with van der Waals surface area (Å²) in [6, 6.07) is 15.2. The summed E-state index contributed by atoms with van der Waals surface area (Å²) < 4.78 is 17.2. The van der Waals surface area contributed by atoms with Gasteiger partial charge in [0.05, 0.1) is 18.2 Å². The summed E-state index contributed by atoms with van der Waals surface area (Å²) in [6.07, 6.45) is 2.19. The van der Waals surface area contributed by atoms with Crippen molar-refractivity contribution in [1.29, 1.82) is 0 Å².